The Labute approximate surface area is 159 Å². The SMILES string of the molecule is Cc1c(SC2CCCCC2)n(COCNC(=O)CP(=O)(O)O)c(=O)[nH]c1=O. The Bertz CT molecular complexity index is 826. The van der Waals surface area contributed by atoms with E-state index in [1.54, 1.807) is 6.92 Å². The lowest BCUT2D eigenvalue weighted by atomic mass is 10.0. The van der Waals surface area contributed by atoms with Gasteiger partial charge in [-0.3, -0.25) is 23.7 Å². The van der Waals surface area contributed by atoms with Crippen LogP contribution in [-0.2, 0) is 20.8 Å². The van der Waals surface area contributed by atoms with Crippen molar-refractivity contribution in [3.05, 3.63) is 26.4 Å². The number of aromatic amines is 1. The maximum atomic E-state index is 12.2. The molecule has 0 spiro atoms. The van der Waals surface area contributed by atoms with Crippen molar-refractivity contribution in [2.45, 2.75) is 56.0 Å². The fourth-order valence-electron chi connectivity index (χ4n) is 2.77. The first kappa shape index (κ1) is 21.9. The Kier molecular flexibility index (Phi) is 7.87. The summed E-state index contributed by atoms with van der Waals surface area (Å²) < 4.78 is 17.3. The summed E-state index contributed by atoms with van der Waals surface area (Å²) in [5.41, 5.74) is -0.616. The topological polar surface area (TPSA) is 151 Å². The molecule has 0 bridgehead atoms. The Morgan fingerprint density at radius 3 is 2.63 bits per heavy atom. The van der Waals surface area contributed by atoms with E-state index in [9.17, 15) is 18.9 Å². The predicted octanol–water partition coefficient (Wildman–Crippen LogP) is 0.495. The van der Waals surface area contributed by atoms with E-state index in [1.807, 2.05) is 0 Å². The molecule has 0 unspecified atom stereocenters. The maximum absolute atomic E-state index is 12.2. The van der Waals surface area contributed by atoms with E-state index in [0.29, 0.717) is 15.8 Å². The van der Waals surface area contributed by atoms with Gasteiger partial charge >= 0.3 is 13.3 Å². The second-order valence-electron chi connectivity index (χ2n) is 6.40. The Morgan fingerprint density at radius 2 is 2.00 bits per heavy atom. The number of hydrogen-bond acceptors (Lipinski definition) is 6. The van der Waals surface area contributed by atoms with Gasteiger partial charge in [-0.05, 0) is 19.8 Å². The van der Waals surface area contributed by atoms with E-state index in [4.69, 9.17) is 14.5 Å². The highest BCUT2D eigenvalue weighted by atomic mass is 32.2. The summed E-state index contributed by atoms with van der Waals surface area (Å²) >= 11 is 1.49. The van der Waals surface area contributed by atoms with Crippen LogP contribution in [0.5, 0.6) is 0 Å². The molecule has 1 amide bonds. The molecule has 1 aromatic heterocycles. The quantitative estimate of drug-likeness (QED) is 0.205. The van der Waals surface area contributed by atoms with Crippen LogP contribution in [0.3, 0.4) is 0 Å². The molecule has 1 aromatic rings. The summed E-state index contributed by atoms with van der Waals surface area (Å²) in [6.45, 7) is 1.11. The van der Waals surface area contributed by atoms with Crippen LogP contribution in [0.1, 0.15) is 37.7 Å². The van der Waals surface area contributed by atoms with Gasteiger partial charge in [-0.2, -0.15) is 0 Å². The second kappa shape index (κ2) is 9.70. The second-order valence-corrected chi connectivity index (χ2v) is 9.33. The predicted molar refractivity (Wildman–Crippen MR) is 99.8 cm³/mol. The van der Waals surface area contributed by atoms with Gasteiger partial charge < -0.3 is 19.8 Å². The van der Waals surface area contributed by atoms with E-state index in [2.05, 4.69) is 10.3 Å². The monoisotopic (exact) mass is 421 g/mol. The fraction of sp³-hybridized carbons (Fsp3) is 0.667. The van der Waals surface area contributed by atoms with Crippen molar-refractivity contribution in [3.63, 3.8) is 0 Å². The van der Waals surface area contributed by atoms with Crippen molar-refractivity contribution in [1.29, 1.82) is 0 Å². The maximum Gasteiger partial charge on any atom is 0.334 e. The van der Waals surface area contributed by atoms with Crippen molar-refractivity contribution < 1.29 is 23.9 Å². The minimum atomic E-state index is -4.44. The van der Waals surface area contributed by atoms with Crippen molar-refractivity contribution >= 4 is 25.3 Å². The average Bonchev–Trinajstić information content (AvgIpc) is 2.57. The number of carbonyl (C=O) groups is 1. The molecule has 10 nitrogen and oxygen atoms in total. The van der Waals surface area contributed by atoms with Gasteiger partial charge in [-0.1, -0.05) is 19.3 Å². The third-order valence-corrected chi connectivity index (χ3v) is 6.40. The van der Waals surface area contributed by atoms with Crippen molar-refractivity contribution in [2.75, 3.05) is 12.9 Å². The molecule has 152 valence electrons. The Morgan fingerprint density at radius 1 is 1.33 bits per heavy atom. The summed E-state index contributed by atoms with van der Waals surface area (Å²) in [5, 5.41) is 3.07. The zero-order valence-electron chi connectivity index (χ0n) is 15.0. The number of nitrogens with one attached hydrogen (secondary N) is 2. The van der Waals surface area contributed by atoms with Gasteiger partial charge in [0.2, 0.25) is 5.91 Å². The molecule has 1 aliphatic carbocycles. The fourth-order valence-corrected chi connectivity index (χ4v) is 4.67. The van der Waals surface area contributed by atoms with E-state index < -0.39 is 30.9 Å². The Hall–Kier alpha value is -1.39. The first-order chi connectivity index (χ1) is 12.7. The van der Waals surface area contributed by atoms with Gasteiger partial charge in [0, 0.05) is 10.8 Å². The van der Waals surface area contributed by atoms with Gasteiger partial charge in [-0.15, -0.1) is 11.8 Å². The van der Waals surface area contributed by atoms with E-state index in [-0.39, 0.29) is 13.5 Å². The zero-order chi connectivity index (χ0) is 20.0. The van der Waals surface area contributed by atoms with Crippen LogP contribution in [-0.4, -0.2) is 43.4 Å². The third-order valence-electron chi connectivity index (χ3n) is 4.14. The highest BCUT2D eigenvalue weighted by Gasteiger charge is 2.21. The van der Waals surface area contributed by atoms with Gasteiger partial charge in [0.25, 0.3) is 5.56 Å². The molecule has 4 N–H and O–H groups in total. The van der Waals surface area contributed by atoms with Gasteiger partial charge in [-0.25, -0.2) is 4.79 Å². The third kappa shape index (κ3) is 6.93. The number of carbonyl (C=O) groups excluding carboxylic acids is 1. The van der Waals surface area contributed by atoms with Crippen LogP contribution < -0.4 is 16.6 Å². The molecule has 1 saturated carbocycles. The summed E-state index contributed by atoms with van der Waals surface area (Å²) in [5.74, 6) is -0.856. The molecule has 12 heteroatoms. The molecule has 0 radical (unpaired) electrons. The lowest BCUT2D eigenvalue weighted by Gasteiger charge is -2.23. The summed E-state index contributed by atoms with van der Waals surface area (Å²) in [7, 11) is -4.44. The number of hydrogen-bond donors (Lipinski definition) is 4. The number of H-pyrrole nitrogens is 1. The highest BCUT2D eigenvalue weighted by molar-refractivity contribution is 7.99. The van der Waals surface area contributed by atoms with Crippen molar-refractivity contribution in [1.82, 2.24) is 14.9 Å². The number of nitrogens with zero attached hydrogens (tertiary/aromatic N) is 1. The minimum absolute atomic E-state index is 0.207. The molecule has 27 heavy (non-hydrogen) atoms. The lowest BCUT2D eigenvalue weighted by Crippen LogP contribution is -2.35. The number of aromatic nitrogens is 2. The molecule has 0 aliphatic heterocycles. The van der Waals surface area contributed by atoms with E-state index in [0.717, 1.165) is 25.7 Å². The minimum Gasteiger partial charge on any atom is -0.340 e. The number of amides is 1. The Balaban J connectivity index is 2.03. The van der Waals surface area contributed by atoms with Crippen LogP contribution in [0, 0.1) is 6.92 Å². The number of ether oxygens (including phenoxy) is 1. The first-order valence-electron chi connectivity index (χ1n) is 8.57. The van der Waals surface area contributed by atoms with Gasteiger partial charge in [0.05, 0.1) is 5.03 Å². The molecule has 1 fully saturated rings. The lowest BCUT2D eigenvalue weighted by molar-refractivity contribution is -0.121. The summed E-state index contributed by atoms with van der Waals surface area (Å²) in [6.07, 6.45) is 4.53. The van der Waals surface area contributed by atoms with Crippen molar-refractivity contribution in [2.24, 2.45) is 0 Å². The smallest absolute Gasteiger partial charge is 0.334 e. The largest absolute Gasteiger partial charge is 0.340 e. The van der Waals surface area contributed by atoms with E-state index >= 15 is 0 Å². The molecule has 1 heterocycles. The highest BCUT2D eigenvalue weighted by Crippen LogP contribution is 2.34. The van der Waals surface area contributed by atoms with Crippen LogP contribution >= 0.6 is 19.4 Å². The molecule has 2 rings (SSSR count). The molecule has 0 aromatic carbocycles. The van der Waals surface area contributed by atoms with Gasteiger partial charge in [0.15, 0.2) is 0 Å². The van der Waals surface area contributed by atoms with Crippen LogP contribution in [0.2, 0.25) is 0 Å². The molecular weight excluding hydrogens is 397 g/mol. The summed E-state index contributed by atoms with van der Waals surface area (Å²) in [4.78, 5) is 55.2. The van der Waals surface area contributed by atoms with Crippen LogP contribution in [0.4, 0.5) is 0 Å². The van der Waals surface area contributed by atoms with Gasteiger partial charge in [0.1, 0.15) is 19.6 Å². The molecule has 1 aliphatic rings. The molecule has 0 atom stereocenters. The molecular formula is C15H24N3O7PS. The van der Waals surface area contributed by atoms with Crippen molar-refractivity contribution in [3.8, 4) is 0 Å². The van der Waals surface area contributed by atoms with E-state index in [1.165, 1.54) is 22.7 Å². The number of rotatable bonds is 8. The summed E-state index contributed by atoms with van der Waals surface area (Å²) in [6, 6.07) is 0. The standard InChI is InChI=1S/C15H24N3O7PS/c1-10-13(20)17-15(21)18(14(10)27-11-5-3-2-4-6-11)9-25-8-16-12(19)7-26(22,23)24/h11H,2-9H2,1H3,(H,16,19)(H,17,20,21)(H2,22,23,24). The average molecular weight is 421 g/mol. The normalized spacial score (nSPS) is 15.7. The number of thioether (sulfide) groups is 1. The van der Waals surface area contributed by atoms with Crippen LogP contribution in [0.25, 0.3) is 0 Å². The molecule has 0 saturated heterocycles. The first-order valence-corrected chi connectivity index (χ1v) is 11.2. The van der Waals surface area contributed by atoms with Crippen LogP contribution in [0.15, 0.2) is 14.6 Å². The zero-order valence-corrected chi connectivity index (χ0v) is 16.7.